The second-order valence-electron chi connectivity index (χ2n) is 5.91. The molecule has 3 nitrogen and oxygen atoms in total. The van der Waals surface area contributed by atoms with E-state index in [-0.39, 0.29) is 0 Å². The third-order valence-electron chi connectivity index (χ3n) is 4.84. The summed E-state index contributed by atoms with van der Waals surface area (Å²) in [5.74, 6) is 0.894. The molecular weight excluding hydrogens is 198 g/mol. The monoisotopic (exact) mass is 225 g/mol. The Bertz CT molecular complexity index is 212. The number of rotatable bonds is 4. The number of likely N-dealkylation sites (N-methyl/N-ethyl adjacent to an activating group) is 1. The van der Waals surface area contributed by atoms with Crippen molar-refractivity contribution in [3.63, 3.8) is 0 Å². The molecule has 0 unspecified atom stereocenters. The zero-order valence-electron chi connectivity index (χ0n) is 10.9. The Morgan fingerprint density at radius 1 is 1.31 bits per heavy atom. The molecule has 94 valence electrons. The molecule has 1 saturated carbocycles. The highest BCUT2D eigenvalue weighted by molar-refractivity contribution is 4.98. The molecule has 0 atom stereocenters. The van der Waals surface area contributed by atoms with Crippen molar-refractivity contribution < 1.29 is 0 Å². The van der Waals surface area contributed by atoms with Crippen LogP contribution in [0.5, 0.6) is 0 Å². The molecule has 0 aromatic carbocycles. The molecular formula is C13H27N3. The summed E-state index contributed by atoms with van der Waals surface area (Å²) < 4.78 is 0. The lowest BCUT2D eigenvalue weighted by atomic mass is 9.75. The molecule has 0 aromatic rings. The topological polar surface area (TPSA) is 32.5 Å². The number of nitrogens with zero attached hydrogens (tertiary/aromatic N) is 2. The predicted octanol–water partition coefficient (Wildman–Crippen LogP) is 1.14. The van der Waals surface area contributed by atoms with Crippen molar-refractivity contribution in [3.05, 3.63) is 0 Å². The summed E-state index contributed by atoms with van der Waals surface area (Å²) in [6.45, 7) is 4.64. The maximum atomic E-state index is 5.95. The van der Waals surface area contributed by atoms with Gasteiger partial charge in [-0.25, -0.2) is 0 Å². The van der Waals surface area contributed by atoms with Gasteiger partial charge < -0.3 is 10.6 Å². The molecule has 1 aliphatic carbocycles. The lowest BCUT2D eigenvalue weighted by Crippen LogP contribution is -2.58. The first kappa shape index (κ1) is 12.3. The highest BCUT2D eigenvalue weighted by Gasteiger charge is 2.39. The average Bonchev–Trinajstić information content (AvgIpc) is 2.21. The first-order chi connectivity index (χ1) is 7.66. The summed E-state index contributed by atoms with van der Waals surface area (Å²) in [7, 11) is 4.51. The minimum Gasteiger partial charge on any atom is -0.329 e. The Kier molecular flexibility index (Phi) is 3.88. The molecule has 2 aliphatic rings. The quantitative estimate of drug-likeness (QED) is 0.779. The number of hydrogen-bond donors (Lipinski definition) is 1. The van der Waals surface area contributed by atoms with E-state index in [2.05, 4.69) is 23.9 Å². The third-order valence-corrected chi connectivity index (χ3v) is 4.84. The van der Waals surface area contributed by atoms with Crippen LogP contribution in [0, 0.1) is 5.92 Å². The first-order valence-corrected chi connectivity index (χ1v) is 6.76. The van der Waals surface area contributed by atoms with E-state index in [1.54, 1.807) is 0 Å². The second-order valence-corrected chi connectivity index (χ2v) is 5.91. The summed E-state index contributed by atoms with van der Waals surface area (Å²) in [5.41, 5.74) is 6.31. The van der Waals surface area contributed by atoms with Gasteiger partial charge in [0.1, 0.15) is 0 Å². The summed E-state index contributed by atoms with van der Waals surface area (Å²) in [4.78, 5) is 5.00. The van der Waals surface area contributed by atoms with Gasteiger partial charge in [0.2, 0.25) is 0 Å². The molecule has 3 heteroatoms. The van der Waals surface area contributed by atoms with Gasteiger partial charge in [-0.2, -0.15) is 0 Å². The summed E-state index contributed by atoms with van der Waals surface area (Å²) in [6, 6.07) is 0. The van der Waals surface area contributed by atoms with Crippen LogP contribution in [0.3, 0.4) is 0 Å². The van der Waals surface area contributed by atoms with Crippen LogP contribution in [0.4, 0.5) is 0 Å². The van der Waals surface area contributed by atoms with Gasteiger partial charge in [0, 0.05) is 18.6 Å². The summed E-state index contributed by atoms with van der Waals surface area (Å²) in [5, 5.41) is 0. The average molecular weight is 225 g/mol. The molecule has 0 aromatic heterocycles. The fraction of sp³-hybridized carbons (Fsp3) is 1.00. The van der Waals surface area contributed by atoms with Gasteiger partial charge in [0.05, 0.1) is 0 Å². The van der Waals surface area contributed by atoms with Crippen LogP contribution >= 0.6 is 0 Å². The smallest absolute Gasteiger partial charge is 0.0328 e. The number of piperidine rings is 1. The van der Waals surface area contributed by atoms with Crippen LogP contribution in [0.15, 0.2) is 0 Å². The molecule has 2 N–H and O–H groups in total. The second kappa shape index (κ2) is 5.03. The van der Waals surface area contributed by atoms with Crippen LogP contribution in [-0.4, -0.2) is 55.6 Å². The van der Waals surface area contributed by atoms with Crippen LogP contribution in [0.25, 0.3) is 0 Å². The van der Waals surface area contributed by atoms with Crippen molar-refractivity contribution in [3.8, 4) is 0 Å². The lowest BCUT2D eigenvalue weighted by molar-refractivity contribution is 0.0252. The molecule has 0 spiro atoms. The van der Waals surface area contributed by atoms with Gasteiger partial charge >= 0.3 is 0 Å². The normalized spacial score (nSPS) is 27.0. The Morgan fingerprint density at radius 3 is 2.38 bits per heavy atom. The predicted molar refractivity (Wildman–Crippen MR) is 68.5 cm³/mol. The van der Waals surface area contributed by atoms with Crippen molar-refractivity contribution in [1.29, 1.82) is 0 Å². The van der Waals surface area contributed by atoms with Crippen LogP contribution in [-0.2, 0) is 0 Å². The largest absolute Gasteiger partial charge is 0.329 e. The lowest BCUT2D eigenvalue weighted by Gasteiger charge is -2.49. The Hall–Kier alpha value is -0.120. The van der Waals surface area contributed by atoms with Gasteiger partial charge in [-0.3, -0.25) is 4.90 Å². The van der Waals surface area contributed by atoms with E-state index in [0.29, 0.717) is 5.54 Å². The minimum absolute atomic E-state index is 0.364. The molecule has 2 rings (SSSR count). The van der Waals surface area contributed by atoms with Gasteiger partial charge in [-0.05, 0) is 65.2 Å². The standard InChI is InChI=1S/C13H27N3/c1-15-8-4-12(5-9-15)10-16(2)13(11-14)6-3-7-13/h12H,3-11,14H2,1-2H3. The highest BCUT2D eigenvalue weighted by atomic mass is 15.2. The Labute approximate surface area is 100.0 Å². The number of nitrogens with two attached hydrogens (primary N) is 1. The van der Waals surface area contributed by atoms with Crippen molar-refractivity contribution in [2.24, 2.45) is 11.7 Å². The molecule has 16 heavy (non-hydrogen) atoms. The summed E-state index contributed by atoms with van der Waals surface area (Å²) in [6.07, 6.45) is 6.72. The summed E-state index contributed by atoms with van der Waals surface area (Å²) >= 11 is 0. The minimum atomic E-state index is 0.364. The molecule has 1 saturated heterocycles. The zero-order valence-corrected chi connectivity index (χ0v) is 10.9. The third kappa shape index (κ3) is 2.41. The SMILES string of the molecule is CN1CCC(CN(C)C2(CN)CCC2)CC1. The van der Waals surface area contributed by atoms with Gasteiger partial charge in [-0.15, -0.1) is 0 Å². The van der Waals surface area contributed by atoms with Crippen molar-refractivity contribution in [2.45, 2.75) is 37.6 Å². The maximum Gasteiger partial charge on any atom is 0.0328 e. The van der Waals surface area contributed by atoms with Gasteiger partial charge in [0.25, 0.3) is 0 Å². The van der Waals surface area contributed by atoms with Crippen molar-refractivity contribution >= 4 is 0 Å². The van der Waals surface area contributed by atoms with E-state index in [9.17, 15) is 0 Å². The molecule has 2 fully saturated rings. The van der Waals surface area contributed by atoms with Crippen molar-refractivity contribution in [1.82, 2.24) is 9.80 Å². The molecule has 1 heterocycles. The number of hydrogen-bond acceptors (Lipinski definition) is 3. The van der Waals surface area contributed by atoms with E-state index in [1.165, 1.54) is 51.7 Å². The van der Waals surface area contributed by atoms with E-state index in [0.717, 1.165) is 12.5 Å². The number of likely N-dealkylation sites (tertiary alicyclic amines) is 1. The zero-order chi connectivity index (χ0) is 11.6. The van der Waals surface area contributed by atoms with Crippen LogP contribution < -0.4 is 5.73 Å². The maximum absolute atomic E-state index is 5.95. The van der Waals surface area contributed by atoms with E-state index >= 15 is 0 Å². The van der Waals surface area contributed by atoms with Gasteiger partial charge in [0.15, 0.2) is 0 Å². The molecule has 0 bridgehead atoms. The Morgan fingerprint density at radius 2 is 1.94 bits per heavy atom. The van der Waals surface area contributed by atoms with Crippen LogP contribution in [0.2, 0.25) is 0 Å². The van der Waals surface area contributed by atoms with Gasteiger partial charge in [-0.1, -0.05) is 0 Å². The van der Waals surface area contributed by atoms with Crippen LogP contribution in [0.1, 0.15) is 32.1 Å². The first-order valence-electron chi connectivity index (χ1n) is 6.76. The molecule has 0 amide bonds. The fourth-order valence-electron chi connectivity index (χ4n) is 3.15. The van der Waals surface area contributed by atoms with E-state index in [4.69, 9.17) is 5.73 Å². The van der Waals surface area contributed by atoms with E-state index < -0.39 is 0 Å². The fourth-order valence-corrected chi connectivity index (χ4v) is 3.15. The Balaban J connectivity index is 1.80. The van der Waals surface area contributed by atoms with E-state index in [1.807, 2.05) is 0 Å². The molecule has 1 aliphatic heterocycles. The van der Waals surface area contributed by atoms with Crippen molar-refractivity contribution in [2.75, 3.05) is 40.3 Å². The molecule has 0 radical (unpaired) electrons. The highest BCUT2D eigenvalue weighted by Crippen LogP contribution is 2.36.